The van der Waals surface area contributed by atoms with E-state index in [1.54, 1.807) is 0 Å². The van der Waals surface area contributed by atoms with Crippen LogP contribution in [0.2, 0.25) is 5.02 Å². The summed E-state index contributed by atoms with van der Waals surface area (Å²) >= 11 is 5.78. The second kappa shape index (κ2) is 7.31. The van der Waals surface area contributed by atoms with E-state index in [-0.39, 0.29) is 31.9 Å². The van der Waals surface area contributed by atoms with Crippen molar-refractivity contribution < 1.29 is 29.2 Å². The molecular weight excluding hydrogens is 345 g/mol. The summed E-state index contributed by atoms with van der Waals surface area (Å²) < 4.78 is 85.4. The van der Waals surface area contributed by atoms with Crippen molar-refractivity contribution in [2.24, 2.45) is 0 Å². The molecule has 23 heavy (non-hydrogen) atoms. The third-order valence-electron chi connectivity index (χ3n) is 2.94. The van der Waals surface area contributed by atoms with Crippen LogP contribution in [0.1, 0.15) is 33.0 Å². The Labute approximate surface area is 146 Å². The fraction of sp³-hybridized carbons (Fsp3) is 0.400. The molecule has 0 heterocycles. The summed E-state index contributed by atoms with van der Waals surface area (Å²) in [4.78, 5) is 12.2. The maximum absolute atomic E-state index is 13.7. The minimum absolute atomic E-state index is 0.0824. The molecule has 5 nitrogen and oxygen atoms in total. The van der Waals surface area contributed by atoms with Crippen molar-refractivity contribution in [1.82, 2.24) is 0 Å². The average molecular weight is 367 g/mol. The summed E-state index contributed by atoms with van der Waals surface area (Å²) in [5.74, 6) is -2.51. The van der Waals surface area contributed by atoms with Gasteiger partial charge in [-0.05, 0) is 44.3 Å². The lowest BCUT2D eigenvalue weighted by Crippen LogP contribution is -2.34. The molecule has 0 fully saturated rings. The largest absolute Gasteiger partial charge is 0.463 e. The summed E-state index contributed by atoms with van der Waals surface area (Å²) in [5.41, 5.74) is -1.40. The predicted octanol–water partition coefficient (Wildman–Crippen LogP) is 3.26. The summed E-state index contributed by atoms with van der Waals surface area (Å²) in [5, 5.41) is -3.38. The number of carbonyl (C=O) groups excluding carboxylic acids is 1. The molecule has 126 valence electrons. The molecule has 0 amide bonds. The molecular formula is C15H17ClFNO4S. The zero-order valence-electron chi connectivity index (χ0n) is 17.1. The number of esters is 1. The third-order valence-corrected chi connectivity index (χ3v) is 4.75. The Morgan fingerprint density at radius 1 is 1.61 bits per heavy atom. The Kier molecular flexibility index (Phi) is 3.77. The Hall–Kier alpha value is -1.60. The molecule has 0 aliphatic heterocycles. The van der Waals surface area contributed by atoms with Gasteiger partial charge in [0, 0.05) is 0 Å². The Bertz CT molecular complexity index is 943. The second-order valence-electron chi connectivity index (χ2n) is 4.53. The molecule has 1 aliphatic carbocycles. The molecule has 1 aromatic carbocycles. The van der Waals surface area contributed by atoms with E-state index in [1.807, 2.05) is 4.72 Å². The van der Waals surface area contributed by atoms with Crippen molar-refractivity contribution in [2.45, 2.75) is 31.4 Å². The van der Waals surface area contributed by atoms with Gasteiger partial charge in [0.2, 0.25) is 10.0 Å². The maximum Gasteiger partial charge on any atom is 0.335 e. The molecule has 0 unspecified atom stereocenters. The van der Waals surface area contributed by atoms with Gasteiger partial charge in [-0.15, -0.1) is 0 Å². The molecule has 2 rings (SSSR count). The molecule has 0 bridgehead atoms. The molecule has 0 radical (unpaired) electrons. The third kappa shape index (κ3) is 4.23. The predicted molar refractivity (Wildman–Crippen MR) is 86.3 cm³/mol. The van der Waals surface area contributed by atoms with E-state index in [0.29, 0.717) is 0 Å². The quantitative estimate of drug-likeness (QED) is 0.812. The van der Waals surface area contributed by atoms with Crippen LogP contribution >= 0.6 is 11.6 Å². The highest BCUT2D eigenvalue weighted by molar-refractivity contribution is 7.93. The number of carbonyl (C=O) groups is 1. The first-order valence-electron chi connectivity index (χ1n) is 9.23. The van der Waals surface area contributed by atoms with Crippen molar-refractivity contribution in [3.05, 3.63) is 40.6 Å². The Morgan fingerprint density at radius 3 is 3.04 bits per heavy atom. The number of halogens is 2. The fourth-order valence-corrected chi connectivity index (χ4v) is 3.59. The van der Waals surface area contributed by atoms with Crippen LogP contribution in [0.3, 0.4) is 0 Å². The van der Waals surface area contributed by atoms with Gasteiger partial charge in [-0.3, -0.25) is 4.72 Å². The molecule has 1 N–H and O–H groups in total. The number of rotatable bonds is 5. The van der Waals surface area contributed by atoms with Crippen molar-refractivity contribution in [3.63, 3.8) is 0 Å². The number of benzene rings is 1. The average Bonchev–Trinajstić information content (AvgIpc) is 2.62. The monoisotopic (exact) mass is 366 g/mol. The lowest BCUT2D eigenvalue weighted by atomic mass is 9.99. The first-order valence-corrected chi connectivity index (χ1v) is 8.59. The van der Waals surface area contributed by atoms with E-state index in [4.69, 9.17) is 23.2 Å². The molecule has 0 saturated carbocycles. The molecule has 8 heteroatoms. The van der Waals surface area contributed by atoms with Crippen LogP contribution in [0, 0.1) is 5.82 Å². The fourth-order valence-electron chi connectivity index (χ4n) is 1.97. The summed E-state index contributed by atoms with van der Waals surface area (Å²) in [7, 11) is -4.83. The van der Waals surface area contributed by atoms with Gasteiger partial charge in [0.25, 0.3) is 0 Å². The van der Waals surface area contributed by atoms with Crippen molar-refractivity contribution in [3.8, 4) is 0 Å². The van der Waals surface area contributed by atoms with E-state index < -0.39 is 61.4 Å². The summed E-state index contributed by atoms with van der Waals surface area (Å²) in [6.45, 7) is 1.39. The number of sulfonamides is 1. The molecule has 1 atom stereocenters. The van der Waals surface area contributed by atoms with Crippen LogP contribution in [0.5, 0.6) is 0 Å². The Balaban J connectivity index is 2.61. The van der Waals surface area contributed by atoms with E-state index in [9.17, 15) is 17.6 Å². The molecule has 0 spiro atoms. The number of hydrogen-bond donors (Lipinski definition) is 1. The molecule has 0 aromatic heterocycles. The van der Waals surface area contributed by atoms with Gasteiger partial charge in [0.1, 0.15) is 11.0 Å². The molecule has 1 aromatic rings. The van der Waals surface area contributed by atoms with Crippen LogP contribution in [0.4, 0.5) is 10.1 Å². The standard InChI is InChI=1S/C15H17ClFNO4S/c1-2-22-15(19)11-5-3-4-6-14(11)23(20,21)18-13-8-7-10(17)9-12(13)16/h5,7-9,14,18H,2-4,6H2,1H3/t14-/m1/s1/i5D,7D,8D,9D,14D. The highest BCUT2D eigenvalue weighted by atomic mass is 35.5. The smallest absolute Gasteiger partial charge is 0.335 e. The van der Waals surface area contributed by atoms with Gasteiger partial charge in [0.05, 0.1) is 29.7 Å². The maximum atomic E-state index is 13.7. The van der Waals surface area contributed by atoms with E-state index >= 15 is 0 Å². The molecule has 0 saturated heterocycles. The zero-order valence-corrected chi connectivity index (χ0v) is 13.7. The number of anilines is 1. The van der Waals surface area contributed by atoms with Crippen LogP contribution in [0.15, 0.2) is 29.8 Å². The molecule has 1 aliphatic rings. The van der Waals surface area contributed by atoms with Crippen molar-refractivity contribution in [1.29, 1.82) is 0 Å². The highest BCUT2D eigenvalue weighted by Crippen LogP contribution is 2.30. The van der Waals surface area contributed by atoms with Crippen LogP contribution < -0.4 is 4.72 Å². The normalized spacial score (nSPS) is 24.9. The van der Waals surface area contributed by atoms with Gasteiger partial charge in [-0.25, -0.2) is 17.6 Å². The Morgan fingerprint density at radius 2 is 2.35 bits per heavy atom. The van der Waals surface area contributed by atoms with Gasteiger partial charge in [0.15, 0.2) is 0 Å². The second-order valence-corrected chi connectivity index (χ2v) is 6.61. The SMILES string of the molecule is [2H]C1=C(C(=O)OCC)[C@]([2H])(S(=O)(=O)Nc2c([2H])c([2H])c(F)c([2H])c2Cl)CCC1. The zero-order chi connectivity index (χ0) is 21.4. The minimum Gasteiger partial charge on any atom is -0.463 e. The van der Waals surface area contributed by atoms with Gasteiger partial charge >= 0.3 is 5.97 Å². The number of allylic oxidation sites excluding steroid dienone is 1. The lowest BCUT2D eigenvalue weighted by molar-refractivity contribution is -0.138. The number of hydrogen-bond acceptors (Lipinski definition) is 4. The van der Waals surface area contributed by atoms with Crippen LogP contribution in [-0.4, -0.2) is 26.2 Å². The summed E-state index contributed by atoms with van der Waals surface area (Å²) in [6, 6.07) is -3.31. The highest BCUT2D eigenvalue weighted by Gasteiger charge is 2.35. The van der Waals surface area contributed by atoms with Crippen molar-refractivity contribution >= 4 is 33.3 Å². The number of nitrogens with one attached hydrogen (secondary N) is 1. The first kappa shape index (κ1) is 11.9. The van der Waals surface area contributed by atoms with Crippen LogP contribution in [-0.2, 0) is 19.6 Å². The summed E-state index contributed by atoms with van der Waals surface area (Å²) in [6.07, 6.45) is -0.129. The minimum atomic E-state index is -4.83. The van der Waals surface area contributed by atoms with E-state index in [1.165, 1.54) is 6.92 Å². The van der Waals surface area contributed by atoms with Gasteiger partial charge < -0.3 is 4.74 Å². The van der Waals surface area contributed by atoms with Gasteiger partial charge in [-0.1, -0.05) is 17.7 Å². The van der Waals surface area contributed by atoms with Crippen LogP contribution in [0.25, 0.3) is 0 Å². The lowest BCUT2D eigenvalue weighted by Gasteiger charge is -2.24. The topological polar surface area (TPSA) is 72.5 Å². The van der Waals surface area contributed by atoms with Crippen molar-refractivity contribution in [2.75, 3.05) is 11.3 Å². The van der Waals surface area contributed by atoms with Gasteiger partial charge in [-0.2, -0.15) is 0 Å². The van der Waals surface area contributed by atoms with E-state index in [0.717, 1.165) is 0 Å². The first-order chi connectivity index (χ1) is 12.9. The van der Waals surface area contributed by atoms with E-state index in [2.05, 4.69) is 0 Å². The number of ether oxygens (including phenoxy) is 1.